The van der Waals surface area contributed by atoms with Crippen LogP contribution in [0.5, 0.6) is 0 Å². The van der Waals surface area contributed by atoms with Gasteiger partial charge in [0, 0.05) is 6.20 Å². The van der Waals surface area contributed by atoms with Gasteiger partial charge in [-0.2, -0.15) is 0 Å². The maximum Gasteiger partial charge on any atom is 0.339 e. The van der Waals surface area contributed by atoms with Crippen LogP contribution in [0.3, 0.4) is 0 Å². The van der Waals surface area contributed by atoms with Gasteiger partial charge in [0.25, 0.3) is 11.5 Å². The number of ether oxygens (including phenoxy) is 1. The van der Waals surface area contributed by atoms with Gasteiger partial charge >= 0.3 is 5.97 Å². The molecule has 0 aliphatic rings. The summed E-state index contributed by atoms with van der Waals surface area (Å²) in [4.78, 5) is 36.1. The molecule has 1 heterocycles. The van der Waals surface area contributed by atoms with Crippen molar-refractivity contribution in [3.05, 3.63) is 33.2 Å². The van der Waals surface area contributed by atoms with E-state index in [0.717, 1.165) is 0 Å². The smallest absolute Gasteiger partial charge is 0.339 e. The van der Waals surface area contributed by atoms with E-state index >= 15 is 0 Å². The lowest BCUT2D eigenvalue weighted by Gasteiger charge is -2.07. The molecule has 0 aliphatic carbocycles. The van der Waals surface area contributed by atoms with Crippen molar-refractivity contribution in [2.75, 3.05) is 6.61 Å². The first-order valence-corrected chi connectivity index (χ1v) is 4.68. The Balaban J connectivity index is 3.35. The molecule has 1 aromatic heterocycles. The minimum atomic E-state index is -0.870. The number of pyridine rings is 1. The maximum absolute atomic E-state index is 11.5. The van der Waals surface area contributed by atoms with Crippen LogP contribution in [0.25, 0.3) is 0 Å². The van der Waals surface area contributed by atoms with Crippen LogP contribution in [0.2, 0.25) is 0 Å². The van der Waals surface area contributed by atoms with Gasteiger partial charge in [-0.3, -0.25) is 9.59 Å². The van der Waals surface area contributed by atoms with Crippen molar-refractivity contribution in [1.82, 2.24) is 4.98 Å². The normalized spacial score (nSPS) is 9.88. The number of primary amides is 1. The molecule has 1 amide bonds. The number of rotatable bonds is 3. The Morgan fingerprint density at radius 1 is 1.50 bits per heavy atom. The molecule has 16 heavy (non-hydrogen) atoms. The Hall–Kier alpha value is -2.11. The van der Waals surface area contributed by atoms with Gasteiger partial charge in [-0.05, 0) is 19.4 Å². The predicted molar refractivity (Wildman–Crippen MR) is 56.3 cm³/mol. The quantitative estimate of drug-likeness (QED) is 0.703. The number of H-pyrrole nitrogens is 1. The van der Waals surface area contributed by atoms with Gasteiger partial charge in [0.2, 0.25) is 0 Å². The third-order valence-electron chi connectivity index (χ3n) is 2.10. The fraction of sp³-hybridized carbons (Fsp3) is 0.300. The van der Waals surface area contributed by atoms with E-state index in [2.05, 4.69) is 4.98 Å². The second kappa shape index (κ2) is 4.61. The molecule has 3 N–H and O–H groups in total. The first kappa shape index (κ1) is 12.0. The van der Waals surface area contributed by atoms with Crippen LogP contribution in [0.4, 0.5) is 0 Å². The third kappa shape index (κ3) is 2.10. The summed E-state index contributed by atoms with van der Waals surface area (Å²) in [5, 5.41) is 0. The summed E-state index contributed by atoms with van der Waals surface area (Å²) in [6.45, 7) is 3.35. The molecule has 0 radical (unpaired) electrons. The monoisotopic (exact) mass is 224 g/mol. The van der Waals surface area contributed by atoms with Crippen molar-refractivity contribution in [1.29, 1.82) is 0 Å². The summed E-state index contributed by atoms with van der Waals surface area (Å²) < 4.78 is 4.77. The Kier molecular flexibility index (Phi) is 3.44. The number of nitrogens with one attached hydrogen (secondary N) is 1. The van der Waals surface area contributed by atoms with Crippen LogP contribution in [0, 0.1) is 6.92 Å². The standard InChI is InChI=1S/C10H12N2O4/c1-3-16-10(15)6-4-12-9(14)7(5(6)2)8(11)13/h4H,3H2,1-2H3,(H2,11,13)(H,12,14). The Morgan fingerprint density at radius 3 is 2.62 bits per heavy atom. The number of esters is 1. The zero-order valence-corrected chi connectivity index (χ0v) is 8.99. The largest absolute Gasteiger partial charge is 0.462 e. The zero-order chi connectivity index (χ0) is 12.3. The molecule has 0 spiro atoms. The third-order valence-corrected chi connectivity index (χ3v) is 2.10. The van der Waals surface area contributed by atoms with E-state index in [0.29, 0.717) is 0 Å². The maximum atomic E-state index is 11.5. The number of hydrogen-bond donors (Lipinski definition) is 2. The molecule has 6 heteroatoms. The lowest BCUT2D eigenvalue weighted by Crippen LogP contribution is -2.27. The summed E-state index contributed by atoms with van der Waals surface area (Å²) in [6, 6.07) is 0. The Labute approximate surface area is 91.4 Å². The molecular weight excluding hydrogens is 212 g/mol. The number of aromatic amines is 1. The first-order valence-electron chi connectivity index (χ1n) is 4.68. The number of hydrogen-bond acceptors (Lipinski definition) is 4. The Morgan fingerprint density at radius 2 is 2.12 bits per heavy atom. The average Bonchev–Trinajstić information content (AvgIpc) is 2.17. The highest BCUT2D eigenvalue weighted by Crippen LogP contribution is 2.09. The molecule has 0 aromatic carbocycles. The van der Waals surface area contributed by atoms with E-state index in [-0.39, 0.29) is 23.3 Å². The number of carbonyl (C=O) groups excluding carboxylic acids is 2. The zero-order valence-electron chi connectivity index (χ0n) is 8.99. The number of nitrogens with two attached hydrogens (primary N) is 1. The SMILES string of the molecule is CCOC(=O)c1c[nH]c(=O)c(C(N)=O)c1C. The van der Waals surface area contributed by atoms with Crippen molar-refractivity contribution in [2.24, 2.45) is 5.73 Å². The van der Waals surface area contributed by atoms with Gasteiger partial charge < -0.3 is 15.5 Å². The number of carbonyl (C=O) groups is 2. The molecule has 1 rings (SSSR count). The topological polar surface area (TPSA) is 102 Å². The minimum absolute atomic E-state index is 0.134. The molecule has 0 unspecified atom stereocenters. The highest BCUT2D eigenvalue weighted by atomic mass is 16.5. The summed E-state index contributed by atoms with van der Waals surface area (Å²) >= 11 is 0. The summed E-state index contributed by atoms with van der Waals surface area (Å²) in [7, 11) is 0. The molecule has 0 fully saturated rings. The first-order chi connectivity index (χ1) is 7.49. The van der Waals surface area contributed by atoms with E-state index in [1.807, 2.05) is 0 Å². The van der Waals surface area contributed by atoms with Gasteiger partial charge in [0.15, 0.2) is 0 Å². The second-order valence-corrected chi connectivity index (χ2v) is 3.12. The van der Waals surface area contributed by atoms with Gasteiger partial charge in [-0.1, -0.05) is 0 Å². The van der Waals surface area contributed by atoms with Crippen LogP contribution < -0.4 is 11.3 Å². The van der Waals surface area contributed by atoms with Crippen LogP contribution in [0.1, 0.15) is 33.2 Å². The molecular formula is C10H12N2O4. The van der Waals surface area contributed by atoms with Gasteiger partial charge in [0.1, 0.15) is 5.56 Å². The molecule has 0 atom stereocenters. The molecule has 86 valence electrons. The van der Waals surface area contributed by atoms with E-state index in [4.69, 9.17) is 10.5 Å². The molecule has 0 aliphatic heterocycles. The lowest BCUT2D eigenvalue weighted by molar-refractivity contribution is 0.0525. The van der Waals surface area contributed by atoms with Gasteiger partial charge in [0.05, 0.1) is 12.2 Å². The molecule has 0 saturated carbocycles. The highest BCUT2D eigenvalue weighted by molar-refractivity contribution is 5.98. The number of aromatic nitrogens is 1. The van der Waals surface area contributed by atoms with E-state index in [9.17, 15) is 14.4 Å². The molecule has 6 nitrogen and oxygen atoms in total. The Bertz CT molecular complexity index is 490. The summed E-state index contributed by atoms with van der Waals surface area (Å²) in [5.41, 5.74) is 4.58. The van der Waals surface area contributed by atoms with Gasteiger partial charge in [-0.25, -0.2) is 4.79 Å². The minimum Gasteiger partial charge on any atom is -0.462 e. The fourth-order valence-corrected chi connectivity index (χ4v) is 1.34. The van der Waals surface area contributed by atoms with E-state index in [1.165, 1.54) is 13.1 Å². The average molecular weight is 224 g/mol. The highest BCUT2D eigenvalue weighted by Gasteiger charge is 2.18. The van der Waals surface area contributed by atoms with Crippen LogP contribution >= 0.6 is 0 Å². The molecule has 1 aromatic rings. The lowest BCUT2D eigenvalue weighted by atomic mass is 10.1. The van der Waals surface area contributed by atoms with Crippen molar-refractivity contribution in [3.63, 3.8) is 0 Å². The van der Waals surface area contributed by atoms with Crippen LogP contribution in [-0.4, -0.2) is 23.5 Å². The predicted octanol–water partition coefficient (Wildman–Crippen LogP) is -0.0411. The van der Waals surface area contributed by atoms with Crippen molar-refractivity contribution >= 4 is 11.9 Å². The molecule has 0 saturated heterocycles. The van der Waals surface area contributed by atoms with Gasteiger partial charge in [-0.15, -0.1) is 0 Å². The van der Waals surface area contributed by atoms with Crippen molar-refractivity contribution in [3.8, 4) is 0 Å². The second-order valence-electron chi connectivity index (χ2n) is 3.12. The van der Waals surface area contributed by atoms with Crippen molar-refractivity contribution in [2.45, 2.75) is 13.8 Å². The fourth-order valence-electron chi connectivity index (χ4n) is 1.34. The van der Waals surface area contributed by atoms with Crippen LogP contribution in [-0.2, 0) is 4.74 Å². The van der Waals surface area contributed by atoms with E-state index < -0.39 is 17.4 Å². The number of amides is 1. The summed E-state index contributed by atoms with van der Waals surface area (Å²) in [5.74, 6) is -1.47. The summed E-state index contributed by atoms with van der Waals surface area (Å²) in [6.07, 6.45) is 1.21. The van der Waals surface area contributed by atoms with E-state index in [1.54, 1.807) is 6.92 Å². The molecule has 0 bridgehead atoms. The van der Waals surface area contributed by atoms with Crippen molar-refractivity contribution < 1.29 is 14.3 Å². The van der Waals surface area contributed by atoms with Crippen LogP contribution in [0.15, 0.2) is 11.0 Å².